The Hall–Kier alpha value is -0.790. The fraction of sp³-hybridized carbons (Fsp3) is 0.571. The van der Waals surface area contributed by atoms with Gasteiger partial charge in [-0.25, -0.2) is 0 Å². The molecule has 0 fully saturated rings. The zero-order valence-electron chi connectivity index (χ0n) is 5.63. The van der Waals surface area contributed by atoms with Gasteiger partial charge in [0, 0.05) is 12.7 Å². The maximum atomic E-state index is 10.2. The summed E-state index contributed by atoms with van der Waals surface area (Å²) in [6, 6.07) is 0. The Kier molecular flexibility index (Phi) is 1.88. The normalized spacial score (nSPS) is 19.2. The summed E-state index contributed by atoms with van der Waals surface area (Å²) in [4.78, 5) is 11.9. The molecule has 50 valence electrons. The summed E-state index contributed by atoms with van der Waals surface area (Å²) < 4.78 is 0. The molecule has 1 amide bonds. The smallest absolute Gasteiger partial charge is 0.213 e. The van der Waals surface area contributed by atoms with Gasteiger partial charge in [-0.3, -0.25) is 4.79 Å². The van der Waals surface area contributed by atoms with E-state index >= 15 is 0 Å². The second kappa shape index (κ2) is 2.67. The average Bonchev–Trinajstić information content (AvgIpc) is 1.88. The SMILES string of the molecule is CC1=CN(C=O)CCC1. The third-order valence-electron chi connectivity index (χ3n) is 1.51. The van der Waals surface area contributed by atoms with Gasteiger partial charge in [0.05, 0.1) is 0 Å². The molecule has 2 nitrogen and oxygen atoms in total. The highest BCUT2D eigenvalue weighted by Crippen LogP contribution is 2.11. The van der Waals surface area contributed by atoms with E-state index in [4.69, 9.17) is 0 Å². The first-order chi connectivity index (χ1) is 4.33. The van der Waals surface area contributed by atoms with Crippen LogP contribution in [0.15, 0.2) is 11.8 Å². The molecule has 9 heavy (non-hydrogen) atoms. The summed E-state index contributed by atoms with van der Waals surface area (Å²) in [6.07, 6.45) is 5.05. The number of hydrogen-bond donors (Lipinski definition) is 0. The molecule has 0 aliphatic carbocycles. The van der Waals surface area contributed by atoms with Crippen LogP contribution in [0.25, 0.3) is 0 Å². The Balaban J connectivity index is 2.56. The lowest BCUT2D eigenvalue weighted by Gasteiger charge is -2.18. The molecular weight excluding hydrogens is 114 g/mol. The Morgan fingerprint density at radius 2 is 2.56 bits per heavy atom. The Bertz CT molecular complexity index is 140. The molecule has 0 aromatic heterocycles. The molecule has 1 heterocycles. The molecule has 0 radical (unpaired) electrons. The number of amides is 1. The summed E-state index contributed by atoms with van der Waals surface area (Å²) in [6.45, 7) is 2.94. The van der Waals surface area contributed by atoms with Gasteiger partial charge in [0.2, 0.25) is 6.41 Å². The van der Waals surface area contributed by atoms with Crippen LogP contribution in [0.1, 0.15) is 19.8 Å². The van der Waals surface area contributed by atoms with Crippen molar-refractivity contribution >= 4 is 6.41 Å². The Labute approximate surface area is 55.2 Å². The number of carbonyl (C=O) groups excluding carboxylic acids is 1. The Morgan fingerprint density at radius 3 is 3.00 bits per heavy atom. The molecule has 0 saturated heterocycles. The van der Waals surface area contributed by atoms with E-state index in [2.05, 4.69) is 6.92 Å². The van der Waals surface area contributed by atoms with Crippen LogP contribution in [0.2, 0.25) is 0 Å². The number of carbonyl (C=O) groups is 1. The predicted octanol–water partition coefficient (Wildman–Crippen LogP) is 1.14. The highest BCUT2D eigenvalue weighted by Gasteiger charge is 2.04. The summed E-state index contributed by atoms with van der Waals surface area (Å²) >= 11 is 0. The van der Waals surface area contributed by atoms with Crippen molar-refractivity contribution in [3.63, 3.8) is 0 Å². The summed E-state index contributed by atoms with van der Waals surface area (Å²) in [5.74, 6) is 0. The van der Waals surface area contributed by atoms with E-state index in [-0.39, 0.29) is 0 Å². The van der Waals surface area contributed by atoms with E-state index in [9.17, 15) is 4.79 Å². The molecule has 0 unspecified atom stereocenters. The molecule has 1 rings (SSSR count). The van der Waals surface area contributed by atoms with E-state index in [1.165, 1.54) is 5.57 Å². The van der Waals surface area contributed by atoms with Gasteiger partial charge in [-0.05, 0) is 19.8 Å². The molecule has 1 aliphatic heterocycles. The summed E-state index contributed by atoms with van der Waals surface area (Å²) in [5, 5.41) is 0. The highest BCUT2D eigenvalue weighted by molar-refractivity contribution is 5.49. The molecule has 0 aromatic rings. The van der Waals surface area contributed by atoms with Crippen molar-refractivity contribution in [2.75, 3.05) is 6.54 Å². The van der Waals surface area contributed by atoms with Crippen molar-refractivity contribution in [1.82, 2.24) is 4.90 Å². The van der Waals surface area contributed by atoms with Crippen molar-refractivity contribution in [1.29, 1.82) is 0 Å². The van der Waals surface area contributed by atoms with E-state index in [1.54, 1.807) is 4.90 Å². The number of nitrogens with zero attached hydrogens (tertiary/aromatic N) is 1. The van der Waals surface area contributed by atoms with E-state index < -0.39 is 0 Å². The van der Waals surface area contributed by atoms with Gasteiger partial charge in [-0.1, -0.05) is 5.57 Å². The van der Waals surface area contributed by atoms with Gasteiger partial charge < -0.3 is 4.90 Å². The van der Waals surface area contributed by atoms with Gasteiger partial charge in [-0.15, -0.1) is 0 Å². The van der Waals surface area contributed by atoms with Crippen molar-refractivity contribution in [2.45, 2.75) is 19.8 Å². The van der Waals surface area contributed by atoms with E-state index in [0.29, 0.717) is 0 Å². The minimum absolute atomic E-state index is 0.878. The lowest BCUT2D eigenvalue weighted by Crippen LogP contribution is -2.20. The van der Waals surface area contributed by atoms with Crippen LogP contribution in [0, 0.1) is 0 Å². The summed E-state index contributed by atoms with van der Waals surface area (Å²) in [5.41, 5.74) is 1.30. The van der Waals surface area contributed by atoms with Crippen LogP contribution in [-0.4, -0.2) is 17.9 Å². The van der Waals surface area contributed by atoms with Gasteiger partial charge in [0.25, 0.3) is 0 Å². The first kappa shape index (κ1) is 6.33. The van der Waals surface area contributed by atoms with Gasteiger partial charge in [-0.2, -0.15) is 0 Å². The maximum Gasteiger partial charge on any atom is 0.213 e. The average molecular weight is 125 g/mol. The van der Waals surface area contributed by atoms with Gasteiger partial charge >= 0.3 is 0 Å². The van der Waals surface area contributed by atoms with Crippen molar-refractivity contribution in [3.05, 3.63) is 11.8 Å². The molecule has 0 N–H and O–H groups in total. The first-order valence-corrected chi connectivity index (χ1v) is 3.21. The molecule has 2 heteroatoms. The molecule has 0 spiro atoms. The fourth-order valence-electron chi connectivity index (χ4n) is 1.04. The minimum atomic E-state index is 0.878. The topological polar surface area (TPSA) is 20.3 Å². The minimum Gasteiger partial charge on any atom is -0.322 e. The van der Waals surface area contributed by atoms with Crippen LogP contribution in [0.3, 0.4) is 0 Å². The lowest BCUT2D eigenvalue weighted by molar-refractivity contribution is -0.116. The highest BCUT2D eigenvalue weighted by atomic mass is 16.1. The molecule has 0 atom stereocenters. The van der Waals surface area contributed by atoms with Crippen LogP contribution in [-0.2, 0) is 4.79 Å². The maximum absolute atomic E-state index is 10.2. The van der Waals surface area contributed by atoms with Crippen molar-refractivity contribution in [2.24, 2.45) is 0 Å². The molecular formula is C7H11NO. The molecule has 0 bridgehead atoms. The first-order valence-electron chi connectivity index (χ1n) is 3.21. The van der Waals surface area contributed by atoms with Crippen molar-refractivity contribution in [3.8, 4) is 0 Å². The third-order valence-corrected chi connectivity index (χ3v) is 1.51. The van der Waals surface area contributed by atoms with Crippen LogP contribution >= 0.6 is 0 Å². The van der Waals surface area contributed by atoms with Gasteiger partial charge in [0.15, 0.2) is 0 Å². The number of hydrogen-bond acceptors (Lipinski definition) is 1. The zero-order valence-corrected chi connectivity index (χ0v) is 5.63. The van der Waals surface area contributed by atoms with E-state index in [1.807, 2.05) is 6.20 Å². The van der Waals surface area contributed by atoms with Crippen LogP contribution < -0.4 is 0 Å². The predicted molar refractivity (Wildman–Crippen MR) is 35.8 cm³/mol. The van der Waals surface area contributed by atoms with Crippen LogP contribution in [0.4, 0.5) is 0 Å². The number of rotatable bonds is 1. The second-order valence-electron chi connectivity index (χ2n) is 2.42. The fourth-order valence-corrected chi connectivity index (χ4v) is 1.04. The van der Waals surface area contributed by atoms with E-state index in [0.717, 1.165) is 25.8 Å². The standard InChI is InChI=1S/C7H11NO/c1-7-3-2-4-8(5-7)6-9/h5-6H,2-4H2,1H3. The summed E-state index contributed by atoms with van der Waals surface area (Å²) in [7, 11) is 0. The van der Waals surface area contributed by atoms with Gasteiger partial charge in [0.1, 0.15) is 0 Å². The number of allylic oxidation sites excluding steroid dienone is 1. The zero-order chi connectivity index (χ0) is 6.69. The third kappa shape index (κ3) is 1.56. The molecule has 1 aliphatic rings. The second-order valence-corrected chi connectivity index (χ2v) is 2.42. The van der Waals surface area contributed by atoms with Crippen molar-refractivity contribution < 1.29 is 4.79 Å². The monoisotopic (exact) mass is 125 g/mol. The van der Waals surface area contributed by atoms with Crippen LogP contribution in [0.5, 0.6) is 0 Å². The molecule has 0 saturated carbocycles. The lowest BCUT2D eigenvalue weighted by atomic mass is 10.1. The molecule has 0 aromatic carbocycles. The quantitative estimate of drug-likeness (QED) is 0.481. The Morgan fingerprint density at radius 1 is 1.78 bits per heavy atom. The largest absolute Gasteiger partial charge is 0.322 e.